The van der Waals surface area contributed by atoms with Crippen LogP contribution in [0.1, 0.15) is 67.3 Å². The molecule has 2 aromatic rings. The van der Waals surface area contributed by atoms with E-state index in [-0.39, 0.29) is 31.1 Å². The molecule has 0 saturated carbocycles. The van der Waals surface area contributed by atoms with Crippen molar-refractivity contribution >= 4 is 35.8 Å². The van der Waals surface area contributed by atoms with Crippen molar-refractivity contribution in [2.45, 2.75) is 76.9 Å². The molecule has 2 fully saturated rings. The molecule has 4 rings (SSSR count). The highest BCUT2D eigenvalue weighted by Gasteiger charge is 2.41. The molecule has 260 valence electrons. The van der Waals surface area contributed by atoms with Crippen LogP contribution in [0.3, 0.4) is 0 Å². The van der Waals surface area contributed by atoms with E-state index in [0.29, 0.717) is 60.9 Å². The zero-order valence-corrected chi connectivity index (χ0v) is 27.6. The van der Waals surface area contributed by atoms with Crippen LogP contribution in [0.15, 0.2) is 49.1 Å². The molecule has 0 spiro atoms. The highest BCUT2D eigenvalue weighted by atomic mass is 16.7. The number of rotatable bonds is 16. The standard InChI is InChI=1S/C35H45N3O10/c1-4-18-47-35(43)38(33(48-32-12-6-8-19-46-32)27-10-5-7-17-37(27)23-39)28-22-30(29(44-3)21-24(28)2)45-20-9-11-31(40)36-26-15-13-25(14-16-26)34(41)42/h4,13-16,21-23,27,32-33H,1,5-12,17-20H2,2-3H3,(H,36,40)(H,41,42). The zero-order chi connectivity index (χ0) is 34.5. The molecule has 3 unspecified atom stereocenters. The molecule has 3 amide bonds. The van der Waals surface area contributed by atoms with Crippen LogP contribution in [0.2, 0.25) is 0 Å². The van der Waals surface area contributed by atoms with Gasteiger partial charge >= 0.3 is 12.1 Å². The Morgan fingerprint density at radius 3 is 2.56 bits per heavy atom. The minimum Gasteiger partial charge on any atom is -0.493 e. The summed E-state index contributed by atoms with van der Waals surface area (Å²) in [5, 5.41) is 11.8. The normalized spacial score (nSPS) is 18.2. The van der Waals surface area contributed by atoms with Crippen LogP contribution in [0.5, 0.6) is 11.5 Å². The molecule has 13 nitrogen and oxygen atoms in total. The van der Waals surface area contributed by atoms with Gasteiger partial charge in [-0.25, -0.2) is 14.5 Å². The predicted molar refractivity (Wildman–Crippen MR) is 177 cm³/mol. The lowest BCUT2D eigenvalue weighted by Crippen LogP contribution is -2.58. The summed E-state index contributed by atoms with van der Waals surface area (Å²) in [5.41, 5.74) is 1.73. The Bertz CT molecular complexity index is 1410. The fraction of sp³-hybridized carbons (Fsp3) is 0.486. The van der Waals surface area contributed by atoms with E-state index in [2.05, 4.69) is 11.9 Å². The zero-order valence-electron chi connectivity index (χ0n) is 27.6. The number of carbonyl (C=O) groups excluding carboxylic acids is 3. The van der Waals surface area contributed by atoms with E-state index in [1.165, 1.54) is 42.4 Å². The topological polar surface area (TPSA) is 153 Å². The second-order valence-electron chi connectivity index (χ2n) is 11.6. The third-order valence-electron chi connectivity index (χ3n) is 8.22. The summed E-state index contributed by atoms with van der Waals surface area (Å²) in [4.78, 5) is 52.8. The predicted octanol–water partition coefficient (Wildman–Crippen LogP) is 5.51. The first-order valence-corrected chi connectivity index (χ1v) is 16.2. The van der Waals surface area contributed by atoms with Crippen LogP contribution in [0.4, 0.5) is 16.2 Å². The summed E-state index contributed by atoms with van der Waals surface area (Å²) in [5.74, 6) is -0.534. The number of piperidine rings is 1. The summed E-state index contributed by atoms with van der Waals surface area (Å²) in [6.45, 7) is 6.69. The van der Waals surface area contributed by atoms with E-state index in [1.54, 1.807) is 17.0 Å². The third kappa shape index (κ3) is 9.71. The number of benzene rings is 2. The molecule has 48 heavy (non-hydrogen) atoms. The van der Waals surface area contributed by atoms with Crippen molar-refractivity contribution < 1.29 is 48.0 Å². The maximum absolute atomic E-state index is 13.9. The van der Waals surface area contributed by atoms with Crippen LogP contribution in [0, 0.1) is 6.92 Å². The Labute approximate surface area is 280 Å². The number of nitrogens with one attached hydrogen (secondary N) is 1. The quantitative estimate of drug-likeness (QED) is 0.101. The van der Waals surface area contributed by atoms with Gasteiger partial charge in [-0.3, -0.25) is 9.59 Å². The smallest absolute Gasteiger partial charge is 0.416 e. The highest BCUT2D eigenvalue weighted by Crippen LogP contribution is 2.38. The average Bonchev–Trinajstić information content (AvgIpc) is 3.10. The van der Waals surface area contributed by atoms with Gasteiger partial charge in [-0.05, 0) is 87.8 Å². The summed E-state index contributed by atoms with van der Waals surface area (Å²) in [6.07, 6.45) is 5.39. The molecule has 2 saturated heterocycles. The van der Waals surface area contributed by atoms with Crippen molar-refractivity contribution in [3.05, 3.63) is 60.2 Å². The van der Waals surface area contributed by atoms with Crippen LogP contribution in [-0.2, 0) is 23.8 Å². The summed E-state index contributed by atoms with van der Waals surface area (Å²) in [6, 6.07) is 8.87. The number of hydrogen-bond donors (Lipinski definition) is 2. The highest BCUT2D eigenvalue weighted by molar-refractivity contribution is 5.92. The lowest BCUT2D eigenvalue weighted by atomic mass is 9.99. The minimum atomic E-state index is -1.05. The average molecular weight is 668 g/mol. The number of carboxylic acids is 1. The van der Waals surface area contributed by atoms with Crippen molar-refractivity contribution in [3.8, 4) is 11.5 Å². The van der Waals surface area contributed by atoms with Crippen LogP contribution < -0.4 is 19.7 Å². The Morgan fingerprint density at radius 2 is 1.90 bits per heavy atom. The van der Waals surface area contributed by atoms with Crippen molar-refractivity contribution in [2.75, 3.05) is 43.7 Å². The van der Waals surface area contributed by atoms with Crippen LogP contribution >= 0.6 is 0 Å². The van der Waals surface area contributed by atoms with Gasteiger partial charge in [0.1, 0.15) is 6.61 Å². The van der Waals surface area contributed by atoms with Gasteiger partial charge in [0.15, 0.2) is 24.0 Å². The number of methoxy groups -OCH3 is 1. The number of aromatic carboxylic acids is 1. The first-order chi connectivity index (χ1) is 23.2. The number of amides is 3. The number of ether oxygens (including phenoxy) is 5. The number of carboxylic acid groups (broad SMARTS) is 1. The molecule has 2 N–H and O–H groups in total. The van der Waals surface area contributed by atoms with Crippen LogP contribution in [0.25, 0.3) is 0 Å². The monoisotopic (exact) mass is 667 g/mol. The molecule has 0 bridgehead atoms. The van der Waals surface area contributed by atoms with Gasteiger partial charge in [0.05, 0.1) is 31.0 Å². The van der Waals surface area contributed by atoms with E-state index < -0.39 is 30.6 Å². The number of aryl methyl sites for hydroxylation is 1. The second-order valence-corrected chi connectivity index (χ2v) is 11.6. The number of hydrogen-bond acceptors (Lipinski definition) is 9. The van der Waals surface area contributed by atoms with Gasteiger partial charge < -0.3 is 39.0 Å². The van der Waals surface area contributed by atoms with E-state index in [1.807, 2.05) is 6.92 Å². The fourth-order valence-corrected chi connectivity index (χ4v) is 5.77. The van der Waals surface area contributed by atoms with E-state index >= 15 is 0 Å². The van der Waals surface area contributed by atoms with Crippen molar-refractivity contribution in [3.63, 3.8) is 0 Å². The fourth-order valence-electron chi connectivity index (χ4n) is 5.77. The number of anilines is 2. The third-order valence-corrected chi connectivity index (χ3v) is 8.22. The summed E-state index contributed by atoms with van der Waals surface area (Å²) < 4.78 is 29.7. The molecule has 3 atom stereocenters. The van der Waals surface area contributed by atoms with Gasteiger partial charge in [0.25, 0.3) is 0 Å². The van der Waals surface area contributed by atoms with Gasteiger partial charge in [0.2, 0.25) is 12.3 Å². The van der Waals surface area contributed by atoms with Gasteiger partial charge in [-0.2, -0.15) is 0 Å². The largest absolute Gasteiger partial charge is 0.493 e. The first kappa shape index (κ1) is 36.2. The van der Waals surface area contributed by atoms with Crippen molar-refractivity contribution in [2.24, 2.45) is 0 Å². The summed E-state index contributed by atoms with van der Waals surface area (Å²) in [7, 11) is 1.51. The van der Waals surface area contributed by atoms with E-state index in [4.69, 9.17) is 28.8 Å². The van der Waals surface area contributed by atoms with Crippen molar-refractivity contribution in [1.82, 2.24) is 4.90 Å². The number of likely N-dealkylation sites (tertiary alicyclic amines) is 1. The Balaban J connectivity index is 1.56. The Kier molecular flexibility index (Phi) is 13.6. The number of carbonyl (C=O) groups is 4. The molecule has 2 aliphatic heterocycles. The second kappa shape index (κ2) is 18.1. The van der Waals surface area contributed by atoms with Gasteiger partial charge in [0, 0.05) is 31.3 Å². The van der Waals surface area contributed by atoms with Gasteiger partial charge in [-0.15, -0.1) is 0 Å². The molecular formula is C35H45N3O10. The lowest BCUT2D eigenvalue weighted by molar-refractivity contribution is -0.201. The Morgan fingerprint density at radius 1 is 1.12 bits per heavy atom. The SMILES string of the molecule is C=CCOC(=O)N(c1cc(OCCCC(=O)Nc2ccc(C(=O)O)cc2)c(OC)cc1C)C(OC1CCCCO1)C1CCCCN1C=O. The van der Waals surface area contributed by atoms with Crippen LogP contribution in [-0.4, -0.2) is 86.4 Å². The molecule has 0 aliphatic carbocycles. The van der Waals surface area contributed by atoms with Crippen molar-refractivity contribution in [1.29, 1.82) is 0 Å². The van der Waals surface area contributed by atoms with Gasteiger partial charge in [-0.1, -0.05) is 12.7 Å². The molecule has 13 heteroatoms. The maximum Gasteiger partial charge on any atom is 0.416 e. The number of nitrogens with zero attached hydrogens (tertiary/aromatic N) is 2. The molecule has 2 aromatic carbocycles. The molecule has 0 aromatic heterocycles. The van der Waals surface area contributed by atoms with E-state index in [9.17, 15) is 19.2 Å². The first-order valence-electron chi connectivity index (χ1n) is 16.2. The lowest BCUT2D eigenvalue weighted by Gasteiger charge is -2.44. The maximum atomic E-state index is 13.9. The van der Waals surface area contributed by atoms with E-state index in [0.717, 1.165) is 32.1 Å². The minimum absolute atomic E-state index is 0.0334. The molecular weight excluding hydrogens is 622 g/mol. The molecule has 2 aliphatic rings. The summed E-state index contributed by atoms with van der Waals surface area (Å²) >= 11 is 0. The molecule has 2 heterocycles. The Hall–Kier alpha value is -4.62. The molecule has 0 radical (unpaired) electrons.